The van der Waals surface area contributed by atoms with Gasteiger partial charge in [-0.25, -0.2) is 9.07 Å². The summed E-state index contributed by atoms with van der Waals surface area (Å²) >= 11 is 0. The molecule has 29 heavy (non-hydrogen) atoms. The van der Waals surface area contributed by atoms with Gasteiger partial charge in [-0.2, -0.15) is 28.5 Å². The van der Waals surface area contributed by atoms with Gasteiger partial charge in [0, 0.05) is 5.39 Å². The lowest BCUT2D eigenvalue weighted by Crippen LogP contribution is -2.32. The summed E-state index contributed by atoms with van der Waals surface area (Å²) in [4.78, 5) is 24.9. The van der Waals surface area contributed by atoms with Crippen LogP contribution in [0.3, 0.4) is 0 Å². The lowest BCUT2D eigenvalue weighted by atomic mass is 9.99. The largest absolute Gasteiger partial charge is 0.416 e. The Bertz CT molecular complexity index is 1120. The molecular formula is C18H15F4N5O2. The van der Waals surface area contributed by atoms with Gasteiger partial charge < -0.3 is 5.32 Å². The van der Waals surface area contributed by atoms with Crippen LogP contribution in [-0.4, -0.2) is 25.9 Å². The Morgan fingerprint density at radius 1 is 1.10 bits per heavy atom. The average molecular weight is 409 g/mol. The first-order valence-electron chi connectivity index (χ1n) is 8.35. The molecule has 0 aliphatic carbocycles. The molecule has 0 unspecified atom stereocenters. The number of nitrogens with zero attached hydrogens (tertiary/aromatic N) is 4. The van der Waals surface area contributed by atoms with Gasteiger partial charge in [-0.05, 0) is 38.1 Å². The molecule has 0 aliphatic rings. The molecular weight excluding hydrogens is 394 g/mol. The zero-order chi connectivity index (χ0) is 21.4. The van der Waals surface area contributed by atoms with Crippen LogP contribution in [0.4, 0.5) is 23.2 Å². The highest BCUT2D eigenvalue weighted by molar-refractivity contribution is 5.90. The number of hydrogen-bond donors (Lipinski definition) is 1. The average Bonchev–Trinajstić information content (AvgIpc) is 2.62. The van der Waals surface area contributed by atoms with Crippen LogP contribution >= 0.6 is 0 Å². The van der Waals surface area contributed by atoms with Crippen molar-refractivity contribution in [1.29, 1.82) is 0 Å². The van der Waals surface area contributed by atoms with E-state index in [2.05, 4.69) is 20.6 Å². The maximum atomic E-state index is 14.7. The molecule has 0 saturated carbocycles. The van der Waals surface area contributed by atoms with Crippen molar-refractivity contribution >= 4 is 22.4 Å². The SMILES string of the molecule is CC(C)(F)c1nn(CC(=O)Nc2ccnnc2)c(=O)c2ccc(C(F)(F)F)cc12. The fourth-order valence-electron chi connectivity index (χ4n) is 2.71. The van der Waals surface area contributed by atoms with Crippen molar-refractivity contribution in [1.82, 2.24) is 20.0 Å². The van der Waals surface area contributed by atoms with Gasteiger partial charge in [0.1, 0.15) is 17.9 Å². The van der Waals surface area contributed by atoms with E-state index in [0.717, 1.165) is 30.7 Å². The first-order valence-corrected chi connectivity index (χ1v) is 8.35. The van der Waals surface area contributed by atoms with E-state index in [1.54, 1.807) is 0 Å². The molecule has 1 aromatic carbocycles. The quantitative estimate of drug-likeness (QED) is 0.669. The monoisotopic (exact) mass is 409 g/mol. The molecule has 0 aliphatic heterocycles. The molecule has 1 N–H and O–H groups in total. The van der Waals surface area contributed by atoms with E-state index in [4.69, 9.17) is 0 Å². The molecule has 0 radical (unpaired) electrons. The van der Waals surface area contributed by atoms with E-state index in [9.17, 15) is 27.2 Å². The topological polar surface area (TPSA) is 89.8 Å². The Hall–Kier alpha value is -3.37. The molecule has 3 rings (SSSR count). The first-order chi connectivity index (χ1) is 13.5. The van der Waals surface area contributed by atoms with Crippen LogP contribution in [-0.2, 0) is 23.2 Å². The number of anilines is 1. The highest BCUT2D eigenvalue weighted by atomic mass is 19.4. The molecule has 1 amide bonds. The summed E-state index contributed by atoms with van der Waals surface area (Å²) in [6.45, 7) is 1.64. The molecule has 0 spiro atoms. The number of nitrogens with one attached hydrogen (secondary N) is 1. The second kappa shape index (κ2) is 7.22. The summed E-state index contributed by atoms with van der Waals surface area (Å²) in [5.41, 5.74) is -4.07. The van der Waals surface area contributed by atoms with Crippen molar-refractivity contribution in [2.75, 3.05) is 5.32 Å². The van der Waals surface area contributed by atoms with Crippen molar-refractivity contribution < 1.29 is 22.4 Å². The molecule has 3 aromatic rings. The second-order valence-corrected chi connectivity index (χ2v) is 6.72. The number of aromatic nitrogens is 4. The highest BCUT2D eigenvalue weighted by Crippen LogP contribution is 2.34. The number of fused-ring (bicyclic) bond motifs is 1. The number of amides is 1. The minimum atomic E-state index is -4.67. The van der Waals surface area contributed by atoms with Crippen molar-refractivity contribution in [3.05, 3.63) is 58.3 Å². The molecule has 2 aromatic heterocycles. The first kappa shape index (κ1) is 20.4. The zero-order valence-electron chi connectivity index (χ0n) is 15.3. The Kier molecular flexibility index (Phi) is 5.07. The predicted molar refractivity (Wildman–Crippen MR) is 95.8 cm³/mol. The number of alkyl halides is 4. The fraction of sp³-hybridized carbons (Fsp3) is 0.278. The van der Waals surface area contributed by atoms with Gasteiger partial charge >= 0.3 is 6.18 Å². The molecule has 0 bridgehead atoms. The Morgan fingerprint density at radius 3 is 2.41 bits per heavy atom. The van der Waals surface area contributed by atoms with E-state index in [1.165, 1.54) is 18.5 Å². The Labute approximate surface area is 161 Å². The Balaban J connectivity index is 2.08. The standard InChI is InChI=1S/C18H15F4N5O2/c1-17(2,19)15-13-7-10(18(20,21)22)3-4-12(13)16(29)27(26-15)9-14(28)25-11-5-6-23-24-8-11/h3-8H,9H2,1-2H3,(H,23,25,28). The third kappa shape index (κ3) is 4.39. The number of benzene rings is 1. The van der Waals surface area contributed by atoms with E-state index in [1.807, 2.05) is 0 Å². The fourth-order valence-corrected chi connectivity index (χ4v) is 2.71. The lowest BCUT2D eigenvalue weighted by molar-refractivity contribution is -0.137. The number of hydrogen-bond acceptors (Lipinski definition) is 5. The molecule has 7 nitrogen and oxygen atoms in total. The van der Waals surface area contributed by atoms with Gasteiger partial charge in [-0.3, -0.25) is 9.59 Å². The Morgan fingerprint density at radius 2 is 1.83 bits per heavy atom. The van der Waals surface area contributed by atoms with Gasteiger partial charge in [0.15, 0.2) is 0 Å². The third-order valence-corrected chi connectivity index (χ3v) is 4.01. The van der Waals surface area contributed by atoms with E-state index in [0.29, 0.717) is 11.8 Å². The van der Waals surface area contributed by atoms with E-state index >= 15 is 0 Å². The summed E-state index contributed by atoms with van der Waals surface area (Å²) in [5.74, 6) is -0.651. The summed E-state index contributed by atoms with van der Waals surface area (Å²) in [7, 11) is 0. The van der Waals surface area contributed by atoms with Gasteiger partial charge in [0.25, 0.3) is 5.56 Å². The summed E-state index contributed by atoms with van der Waals surface area (Å²) in [6.07, 6.45) is -2.04. The van der Waals surface area contributed by atoms with Crippen molar-refractivity contribution in [2.24, 2.45) is 0 Å². The minimum absolute atomic E-state index is 0.174. The number of carbonyl (C=O) groups excluding carboxylic acids is 1. The molecule has 0 saturated heterocycles. The maximum absolute atomic E-state index is 14.7. The summed E-state index contributed by atoms with van der Waals surface area (Å²) in [5, 5.41) is 13.0. The van der Waals surface area contributed by atoms with Crippen LogP contribution in [0.2, 0.25) is 0 Å². The van der Waals surface area contributed by atoms with Gasteiger partial charge in [0.2, 0.25) is 5.91 Å². The van der Waals surface area contributed by atoms with Crippen LogP contribution < -0.4 is 10.9 Å². The van der Waals surface area contributed by atoms with E-state index < -0.39 is 35.4 Å². The van der Waals surface area contributed by atoms with E-state index in [-0.39, 0.29) is 16.5 Å². The molecule has 2 heterocycles. The summed E-state index contributed by atoms with van der Waals surface area (Å²) < 4.78 is 54.5. The predicted octanol–water partition coefficient (Wildman–Crippen LogP) is 3.05. The summed E-state index contributed by atoms with van der Waals surface area (Å²) in [6, 6.07) is 3.84. The smallest absolute Gasteiger partial charge is 0.323 e. The minimum Gasteiger partial charge on any atom is -0.323 e. The van der Waals surface area contributed by atoms with Crippen LogP contribution in [0.25, 0.3) is 10.8 Å². The molecule has 152 valence electrons. The van der Waals surface area contributed by atoms with Crippen LogP contribution in [0, 0.1) is 0 Å². The maximum Gasteiger partial charge on any atom is 0.416 e. The molecule has 11 heteroatoms. The third-order valence-electron chi connectivity index (χ3n) is 4.01. The molecule has 0 atom stereocenters. The second-order valence-electron chi connectivity index (χ2n) is 6.72. The van der Waals surface area contributed by atoms with Crippen molar-refractivity contribution in [2.45, 2.75) is 32.2 Å². The van der Waals surface area contributed by atoms with Gasteiger partial charge in [-0.15, -0.1) is 0 Å². The normalized spacial score (nSPS) is 12.2. The number of rotatable bonds is 4. The van der Waals surface area contributed by atoms with Crippen molar-refractivity contribution in [3.63, 3.8) is 0 Å². The van der Waals surface area contributed by atoms with Crippen LogP contribution in [0.5, 0.6) is 0 Å². The van der Waals surface area contributed by atoms with Gasteiger partial charge in [-0.1, -0.05) is 0 Å². The lowest BCUT2D eigenvalue weighted by Gasteiger charge is -2.19. The van der Waals surface area contributed by atoms with Crippen LogP contribution in [0.15, 0.2) is 41.5 Å². The van der Waals surface area contributed by atoms with Gasteiger partial charge in [0.05, 0.1) is 29.0 Å². The number of halogens is 4. The molecule has 0 fully saturated rings. The number of carbonyl (C=O) groups is 1. The van der Waals surface area contributed by atoms with Crippen LogP contribution in [0.1, 0.15) is 25.1 Å². The highest BCUT2D eigenvalue weighted by Gasteiger charge is 2.33. The van der Waals surface area contributed by atoms with Crippen molar-refractivity contribution in [3.8, 4) is 0 Å². The zero-order valence-corrected chi connectivity index (χ0v) is 15.3.